The number of anilines is 1. The van der Waals surface area contributed by atoms with Gasteiger partial charge in [-0.25, -0.2) is 4.68 Å². The average molecular weight is 402 g/mol. The summed E-state index contributed by atoms with van der Waals surface area (Å²) in [6, 6.07) is 12.1. The van der Waals surface area contributed by atoms with Crippen LogP contribution in [0.1, 0.15) is 30.9 Å². The van der Waals surface area contributed by atoms with Crippen LogP contribution in [0.5, 0.6) is 17.2 Å². The highest BCUT2D eigenvalue weighted by Gasteiger charge is 2.37. The molecule has 0 amide bonds. The topological polar surface area (TPSA) is 98.5 Å². The van der Waals surface area contributed by atoms with Gasteiger partial charge in [0.05, 0.1) is 0 Å². The number of phenols is 1. The smallest absolute Gasteiger partial charge is 0.231 e. The Kier molecular flexibility index (Phi) is 3.61. The highest BCUT2D eigenvalue weighted by molar-refractivity contribution is 5.99. The molecule has 2 aromatic carbocycles. The molecule has 0 saturated carbocycles. The number of aromatic hydroxyl groups is 1. The quantitative estimate of drug-likeness (QED) is 0.678. The monoisotopic (exact) mass is 402 g/mol. The summed E-state index contributed by atoms with van der Waals surface area (Å²) in [5.74, 6) is 2.66. The predicted octanol–water partition coefficient (Wildman–Crippen LogP) is 3.40. The number of benzene rings is 2. The van der Waals surface area contributed by atoms with Crippen molar-refractivity contribution in [1.82, 2.24) is 14.8 Å². The SMILES string of the molecule is O=C1CCCC2=C1C(c1ccc3c(c1)OCO3)n1nc(-c3cccc(O)c3)nc1N2. The fourth-order valence-corrected chi connectivity index (χ4v) is 4.31. The maximum Gasteiger partial charge on any atom is 0.231 e. The molecular weight excluding hydrogens is 384 g/mol. The molecule has 6 rings (SSSR count). The molecule has 30 heavy (non-hydrogen) atoms. The van der Waals surface area contributed by atoms with Gasteiger partial charge in [-0.3, -0.25) is 4.79 Å². The number of phenolic OH excluding ortho intramolecular Hbond substituents is 1. The van der Waals surface area contributed by atoms with Crippen molar-refractivity contribution in [3.8, 4) is 28.6 Å². The minimum atomic E-state index is -0.405. The van der Waals surface area contributed by atoms with Gasteiger partial charge in [-0.15, -0.1) is 5.10 Å². The molecule has 3 aromatic rings. The van der Waals surface area contributed by atoms with Gasteiger partial charge in [-0.05, 0) is 42.7 Å². The van der Waals surface area contributed by atoms with E-state index in [0.717, 1.165) is 29.7 Å². The van der Waals surface area contributed by atoms with Crippen LogP contribution in [0.25, 0.3) is 11.4 Å². The van der Waals surface area contributed by atoms with E-state index >= 15 is 0 Å². The largest absolute Gasteiger partial charge is 0.508 e. The lowest BCUT2D eigenvalue weighted by Crippen LogP contribution is -2.31. The van der Waals surface area contributed by atoms with Crippen molar-refractivity contribution in [3.63, 3.8) is 0 Å². The third kappa shape index (κ3) is 2.57. The predicted molar refractivity (Wildman–Crippen MR) is 107 cm³/mol. The number of ether oxygens (including phenoxy) is 2. The molecule has 0 bridgehead atoms. The number of ketones is 1. The van der Waals surface area contributed by atoms with Gasteiger partial charge in [-0.2, -0.15) is 4.98 Å². The van der Waals surface area contributed by atoms with Crippen molar-refractivity contribution in [2.24, 2.45) is 0 Å². The number of nitrogens with zero attached hydrogens (tertiary/aromatic N) is 3. The van der Waals surface area contributed by atoms with Gasteiger partial charge in [0.15, 0.2) is 23.1 Å². The first-order valence-electron chi connectivity index (χ1n) is 9.86. The Morgan fingerprint density at radius 2 is 2.00 bits per heavy atom. The molecule has 8 nitrogen and oxygen atoms in total. The normalized spacial score (nSPS) is 19.3. The molecule has 8 heteroatoms. The maximum atomic E-state index is 12.9. The number of Topliss-reactive ketones (excluding diaryl/α,β-unsaturated/α-hetero) is 1. The van der Waals surface area contributed by atoms with E-state index in [0.29, 0.717) is 35.3 Å². The second kappa shape index (κ2) is 6.35. The molecule has 1 unspecified atom stereocenters. The molecule has 0 spiro atoms. The molecule has 2 N–H and O–H groups in total. The Bertz CT molecular complexity index is 1230. The van der Waals surface area contributed by atoms with Crippen LogP contribution in [0.3, 0.4) is 0 Å². The van der Waals surface area contributed by atoms with E-state index in [1.165, 1.54) is 0 Å². The van der Waals surface area contributed by atoms with Crippen LogP contribution >= 0.6 is 0 Å². The fourth-order valence-electron chi connectivity index (χ4n) is 4.31. The van der Waals surface area contributed by atoms with Crippen LogP contribution in [0.2, 0.25) is 0 Å². The van der Waals surface area contributed by atoms with Crippen molar-refractivity contribution in [2.75, 3.05) is 12.1 Å². The number of nitrogens with one attached hydrogen (secondary N) is 1. The summed E-state index contributed by atoms with van der Waals surface area (Å²) < 4.78 is 12.7. The highest BCUT2D eigenvalue weighted by atomic mass is 16.7. The Balaban J connectivity index is 1.52. The lowest BCUT2D eigenvalue weighted by molar-refractivity contribution is -0.116. The molecule has 0 fully saturated rings. The summed E-state index contributed by atoms with van der Waals surface area (Å²) in [5.41, 5.74) is 3.21. The molecule has 2 aliphatic heterocycles. The summed E-state index contributed by atoms with van der Waals surface area (Å²) in [7, 11) is 0. The molecule has 3 aliphatic rings. The lowest BCUT2D eigenvalue weighted by atomic mass is 9.85. The molecule has 1 aliphatic carbocycles. The summed E-state index contributed by atoms with van der Waals surface area (Å²) in [6.07, 6.45) is 2.12. The second-order valence-electron chi connectivity index (χ2n) is 7.56. The molecule has 1 aromatic heterocycles. The summed E-state index contributed by atoms with van der Waals surface area (Å²) in [4.78, 5) is 17.6. The zero-order valence-corrected chi connectivity index (χ0v) is 16.0. The molecule has 1 atom stereocenters. The van der Waals surface area contributed by atoms with Crippen molar-refractivity contribution >= 4 is 11.7 Å². The number of rotatable bonds is 2. The van der Waals surface area contributed by atoms with Gasteiger partial charge < -0.3 is 19.9 Å². The van der Waals surface area contributed by atoms with Gasteiger partial charge in [-0.1, -0.05) is 18.2 Å². The first-order chi connectivity index (χ1) is 14.7. The van der Waals surface area contributed by atoms with Crippen LogP contribution in [0.15, 0.2) is 53.7 Å². The van der Waals surface area contributed by atoms with Gasteiger partial charge >= 0.3 is 0 Å². The van der Waals surface area contributed by atoms with E-state index in [-0.39, 0.29) is 18.3 Å². The van der Waals surface area contributed by atoms with E-state index in [9.17, 15) is 9.90 Å². The second-order valence-corrected chi connectivity index (χ2v) is 7.56. The average Bonchev–Trinajstić information content (AvgIpc) is 3.38. The lowest BCUT2D eigenvalue weighted by Gasteiger charge is -2.32. The van der Waals surface area contributed by atoms with Crippen LogP contribution in [0.4, 0.5) is 5.95 Å². The van der Waals surface area contributed by atoms with Crippen molar-refractivity contribution in [2.45, 2.75) is 25.3 Å². The van der Waals surface area contributed by atoms with E-state index in [1.807, 2.05) is 24.3 Å². The van der Waals surface area contributed by atoms with Gasteiger partial charge in [0.2, 0.25) is 12.7 Å². The number of carbonyl (C=O) groups excluding carboxylic acids is 1. The van der Waals surface area contributed by atoms with E-state index in [4.69, 9.17) is 14.6 Å². The number of allylic oxidation sites excluding steroid dienone is 2. The van der Waals surface area contributed by atoms with Gasteiger partial charge in [0, 0.05) is 23.3 Å². The van der Waals surface area contributed by atoms with Crippen molar-refractivity contribution in [1.29, 1.82) is 0 Å². The Morgan fingerprint density at radius 1 is 1.10 bits per heavy atom. The summed E-state index contributed by atoms with van der Waals surface area (Å²) in [5, 5.41) is 17.9. The minimum absolute atomic E-state index is 0.117. The minimum Gasteiger partial charge on any atom is -0.508 e. The Labute approximate surface area is 171 Å². The summed E-state index contributed by atoms with van der Waals surface area (Å²) in [6.45, 7) is 0.189. The third-order valence-corrected chi connectivity index (χ3v) is 5.68. The Hall–Kier alpha value is -3.81. The number of hydrogen-bond donors (Lipinski definition) is 2. The molecule has 0 saturated heterocycles. The number of hydrogen-bond acceptors (Lipinski definition) is 7. The number of carbonyl (C=O) groups is 1. The van der Waals surface area contributed by atoms with Crippen LogP contribution in [-0.2, 0) is 4.79 Å². The van der Waals surface area contributed by atoms with Crippen molar-refractivity contribution < 1.29 is 19.4 Å². The molecular formula is C22H18N4O4. The van der Waals surface area contributed by atoms with Crippen LogP contribution in [-0.4, -0.2) is 32.4 Å². The molecule has 150 valence electrons. The van der Waals surface area contributed by atoms with E-state index < -0.39 is 6.04 Å². The van der Waals surface area contributed by atoms with E-state index in [2.05, 4.69) is 10.3 Å². The van der Waals surface area contributed by atoms with Crippen LogP contribution in [0, 0.1) is 0 Å². The number of aromatic nitrogens is 3. The maximum absolute atomic E-state index is 12.9. The number of fused-ring (bicyclic) bond motifs is 2. The first kappa shape index (κ1) is 17.1. The Morgan fingerprint density at radius 3 is 2.90 bits per heavy atom. The fraction of sp³-hybridized carbons (Fsp3) is 0.227. The first-order valence-corrected chi connectivity index (χ1v) is 9.86. The van der Waals surface area contributed by atoms with Gasteiger partial charge in [0.25, 0.3) is 0 Å². The van der Waals surface area contributed by atoms with Gasteiger partial charge in [0.1, 0.15) is 11.8 Å². The standard InChI is InChI=1S/C22H18N4O4/c27-14-4-1-3-13(9-14)21-24-22-23-15-5-2-6-16(28)19(15)20(26(22)25-21)12-7-8-17-18(10-12)30-11-29-17/h1,3-4,7-10,20,27H,2,5-6,11H2,(H,23,24,25). The third-order valence-electron chi connectivity index (χ3n) is 5.68. The van der Waals surface area contributed by atoms with E-state index in [1.54, 1.807) is 22.9 Å². The highest BCUT2D eigenvalue weighted by Crippen LogP contribution is 2.43. The molecule has 3 heterocycles. The summed E-state index contributed by atoms with van der Waals surface area (Å²) >= 11 is 0. The zero-order chi connectivity index (χ0) is 20.2. The van der Waals surface area contributed by atoms with Crippen LogP contribution < -0.4 is 14.8 Å². The molecule has 0 radical (unpaired) electrons. The van der Waals surface area contributed by atoms with Crippen molar-refractivity contribution in [3.05, 3.63) is 59.3 Å². The zero-order valence-electron chi connectivity index (χ0n) is 16.0.